The van der Waals surface area contributed by atoms with Gasteiger partial charge in [-0.15, -0.1) is 0 Å². The topological polar surface area (TPSA) is 102 Å². The summed E-state index contributed by atoms with van der Waals surface area (Å²) >= 11 is 0. The Balaban J connectivity index is 1.89. The Kier molecular flexibility index (Phi) is 6.62. The molecule has 0 aliphatic heterocycles. The lowest BCUT2D eigenvalue weighted by atomic mass is 9.96. The van der Waals surface area contributed by atoms with E-state index in [4.69, 9.17) is 0 Å². The van der Waals surface area contributed by atoms with Gasteiger partial charge in [-0.1, -0.05) is 36.4 Å². The largest absolute Gasteiger partial charge is 0.465 e. The summed E-state index contributed by atoms with van der Waals surface area (Å²) in [6.45, 7) is 5.13. The van der Waals surface area contributed by atoms with Gasteiger partial charge in [0.15, 0.2) is 0 Å². The number of carboxylic acid groups (broad SMARTS) is 1. The van der Waals surface area contributed by atoms with Gasteiger partial charge in [0.25, 0.3) is 5.56 Å². The highest BCUT2D eigenvalue weighted by molar-refractivity contribution is 5.93. The number of anilines is 1. The molecule has 168 valence electrons. The molecule has 2 aromatic carbocycles. The van der Waals surface area contributed by atoms with Crippen LogP contribution in [0.4, 0.5) is 14.9 Å². The Morgan fingerprint density at radius 1 is 1.12 bits per heavy atom. The zero-order valence-electron chi connectivity index (χ0n) is 18.2. The monoisotopic (exact) mass is 439 g/mol. The van der Waals surface area contributed by atoms with E-state index >= 15 is 0 Å². The molecule has 0 radical (unpaired) electrons. The van der Waals surface area contributed by atoms with Crippen molar-refractivity contribution in [1.29, 1.82) is 0 Å². The number of H-pyrrole nitrogens is 1. The van der Waals surface area contributed by atoms with Crippen molar-refractivity contribution in [2.45, 2.75) is 45.2 Å². The second-order valence-electron chi connectivity index (χ2n) is 8.62. The Hall–Kier alpha value is -3.68. The zero-order chi connectivity index (χ0) is 23.5. The maximum absolute atomic E-state index is 14.3. The lowest BCUT2D eigenvalue weighted by molar-refractivity contribution is -0.117. The van der Waals surface area contributed by atoms with Crippen LogP contribution in [-0.2, 0) is 11.2 Å². The highest BCUT2D eigenvalue weighted by Gasteiger charge is 2.35. The van der Waals surface area contributed by atoms with E-state index in [1.807, 2.05) is 6.07 Å². The second kappa shape index (κ2) is 9.21. The maximum Gasteiger partial charge on any atom is 0.408 e. The molecule has 7 nitrogen and oxygen atoms in total. The summed E-state index contributed by atoms with van der Waals surface area (Å²) in [4.78, 5) is 41.1. The van der Waals surface area contributed by atoms with Gasteiger partial charge in [-0.2, -0.15) is 0 Å². The van der Waals surface area contributed by atoms with E-state index in [-0.39, 0.29) is 18.5 Å². The van der Waals surface area contributed by atoms with Gasteiger partial charge in [-0.05, 0) is 51.0 Å². The number of nitrogens with one attached hydrogen (secondary N) is 2. The summed E-state index contributed by atoms with van der Waals surface area (Å²) in [5.74, 6) is -1.01. The van der Waals surface area contributed by atoms with Crippen molar-refractivity contribution in [2.75, 3.05) is 5.32 Å². The van der Waals surface area contributed by atoms with E-state index in [0.29, 0.717) is 11.1 Å². The van der Waals surface area contributed by atoms with Crippen molar-refractivity contribution in [1.82, 2.24) is 9.88 Å². The number of rotatable bonds is 6. The third kappa shape index (κ3) is 5.32. The molecule has 32 heavy (non-hydrogen) atoms. The van der Waals surface area contributed by atoms with Gasteiger partial charge in [0.2, 0.25) is 5.91 Å². The molecule has 0 spiro atoms. The van der Waals surface area contributed by atoms with Gasteiger partial charge in [0.1, 0.15) is 11.5 Å². The van der Waals surface area contributed by atoms with Crippen LogP contribution < -0.4 is 10.9 Å². The molecule has 0 bridgehead atoms. The van der Waals surface area contributed by atoms with E-state index in [2.05, 4.69) is 10.3 Å². The third-order valence-electron chi connectivity index (χ3n) is 5.16. The van der Waals surface area contributed by atoms with Crippen LogP contribution in [0.3, 0.4) is 0 Å². The predicted molar refractivity (Wildman–Crippen MR) is 121 cm³/mol. The summed E-state index contributed by atoms with van der Waals surface area (Å²) in [7, 11) is 0. The molecule has 1 heterocycles. The average molecular weight is 439 g/mol. The van der Waals surface area contributed by atoms with Crippen molar-refractivity contribution in [3.8, 4) is 0 Å². The molecule has 1 atom stereocenters. The van der Waals surface area contributed by atoms with Crippen LogP contribution in [0.2, 0.25) is 0 Å². The number of aromatic nitrogens is 1. The first-order valence-corrected chi connectivity index (χ1v) is 10.2. The fourth-order valence-electron chi connectivity index (χ4n) is 3.82. The van der Waals surface area contributed by atoms with Gasteiger partial charge in [-0.25, -0.2) is 9.18 Å². The third-order valence-corrected chi connectivity index (χ3v) is 5.16. The minimum atomic E-state index is -1.21. The fourth-order valence-corrected chi connectivity index (χ4v) is 3.82. The normalized spacial score (nSPS) is 12.4. The molecule has 8 heteroatoms. The number of carbonyl (C=O) groups is 2. The van der Waals surface area contributed by atoms with Crippen LogP contribution in [0, 0.1) is 5.82 Å². The molecule has 0 unspecified atom stereocenters. The Morgan fingerprint density at radius 2 is 1.78 bits per heavy atom. The van der Waals surface area contributed by atoms with Crippen molar-refractivity contribution >= 4 is 28.6 Å². The first kappa shape index (κ1) is 23.0. The molecule has 1 aromatic heterocycles. The SMILES string of the molecule is CC(C)(C)N(C(=O)O)[C@@H](CC(=O)Nc1cc2ccccc2[nH]c1=O)Cc1ccccc1F. The molecule has 3 aromatic rings. The number of para-hydroxylation sites is 1. The van der Waals surface area contributed by atoms with Crippen LogP contribution in [-0.4, -0.2) is 38.6 Å². The first-order valence-electron chi connectivity index (χ1n) is 10.2. The van der Waals surface area contributed by atoms with Gasteiger partial charge < -0.3 is 15.4 Å². The van der Waals surface area contributed by atoms with E-state index in [1.54, 1.807) is 63.2 Å². The van der Waals surface area contributed by atoms with Gasteiger partial charge in [0.05, 0.1) is 0 Å². The molecule has 0 fully saturated rings. The number of hydrogen-bond acceptors (Lipinski definition) is 3. The number of amides is 2. The summed E-state index contributed by atoms with van der Waals surface area (Å²) < 4.78 is 14.3. The summed E-state index contributed by atoms with van der Waals surface area (Å²) in [5.41, 5.74) is -0.283. The van der Waals surface area contributed by atoms with Crippen LogP contribution in [0.1, 0.15) is 32.8 Å². The van der Waals surface area contributed by atoms with Crippen molar-refractivity contribution in [2.24, 2.45) is 0 Å². The number of fused-ring (bicyclic) bond motifs is 1. The predicted octanol–water partition coefficient (Wildman–Crippen LogP) is 4.39. The summed E-state index contributed by atoms with van der Waals surface area (Å²) in [5, 5.41) is 13.2. The quantitative estimate of drug-likeness (QED) is 0.530. The summed E-state index contributed by atoms with van der Waals surface area (Å²) in [6.07, 6.45) is -1.45. The van der Waals surface area contributed by atoms with E-state index < -0.39 is 35.0 Å². The van der Waals surface area contributed by atoms with Crippen molar-refractivity contribution < 1.29 is 19.1 Å². The standard InChI is InChI=1S/C24H26FN3O4/c1-24(2,3)28(23(31)32)17(12-15-8-4-6-10-18(15)25)14-21(29)26-20-13-16-9-5-7-11-19(16)27-22(20)30/h4-11,13,17H,12,14H2,1-3H3,(H,26,29)(H,27,30)(H,31,32)/t17-/m1/s1. The molecule has 0 saturated heterocycles. The smallest absolute Gasteiger partial charge is 0.408 e. The number of aromatic amines is 1. The molecule has 0 aliphatic rings. The van der Waals surface area contributed by atoms with Crippen LogP contribution in [0.5, 0.6) is 0 Å². The van der Waals surface area contributed by atoms with E-state index in [0.717, 1.165) is 10.3 Å². The van der Waals surface area contributed by atoms with Crippen LogP contribution in [0.25, 0.3) is 10.9 Å². The Bertz CT molecular complexity index is 1200. The number of halogens is 1. The minimum Gasteiger partial charge on any atom is -0.465 e. The van der Waals surface area contributed by atoms with E-state index in [1.165, 1.54) is 6.07 Å². The molecule has 3 rings (SSSR count). The number of nitrogens with zero attached hydrogens (tertiary/aromatic N) is 1. The maximum atomic E-state index is 14.3. The van der Waals surface area contributed by atoms with Gasteiger partial charge in [-0.3, -0.25) is 14.5 Å². The zero-order valence-corrected chi connectivity index (χ0v) is 18.2. The fraction of sp³-hybridized carbons (Fsp3) is 0.292. The highest BCUT2D eigenvalue weighted by Crippen LogP contribution is 2.24. The number of hydrogen-bond donors (Lipinski definition) is 3. The molecular weight excluding hydrogens is 413 g/mol. The number of carbonyl (C=O) groups excluding carboxylic acids is 1. The molecular formula is C24H26FN3O4. The molecule has 2 amide bonds. The number of pyridine rings is 1. The van der Waals surface area contributed by atoms with Crippen molar-refractivity contribution in [3.05, 3.63) is 76.3 Å². The molecule has 3 N–H and O–H groups in total. The average Bonchev–Trinajstić information content (AvgIpc) is 2.69. The first-order chi connectivity index (χ1) is 15.1. The Morgan fingerprint density at radius 3 is 2.44 bits per heavy atom. The lowest BCUT2D eigenvalue weighted by Gasteiger charge is -2.39. The Labute approximate surface area is 184 Å². The molecule has 0 saturated carbocycles. The van der Waals surface area contributed by atoms with Gasteiger partial charge in [0, 0.05) is 28.9 Å². The van der Waals surface area contributed by atoms with Gasteiger partial charge >= 0.3 is 6.09 Å². The van der Waals surface area contributed by atoms with E-state index in [9.17, 15) is 23.9 Å². The highest BCUT2D eigenvalue weighted by atomic mass is 19.1. The molecule has 0 aliphatic carbocycles. The van der Waals surface area contributed by atoms with Crippen molar-refractivity contribution in [3.63, 3.8) is 0 Å². The second-order valence-corrected chi connectivity index (χ2v) is 8.62. The number of benzene rings is 2. The van der Waals surface area contributed by atoms with Crippen LogP contribution in [0.15, 0.2) is 59.4 Å². The summed E-state index contributed by atoms with van der Waals surface area (Å²) in [6, 6.07) is 13.9. The van der Waals surface area contributed by atoms with Crippen LogP contribution >= 0.6 is 0 Å². The lowest BCUT2D eigenvalue weighted by Crippen LogP contribution is -2.53. The minimum absolute atomic E-state index is 0.0116.